The van der Waals surface area contributed by atoms with Gasteiger partial charge in [-0.25, -0.2) is 14.4 Å². The van der Waals surface area contributed by atoms with Gasteiger partial charge in [0.05, 0.1) is 19.9 Å². The normalized spacial score (nSPS) is 10.7. The Morgan fingerprint density at radius 3 is 2.76 bits per heavy atom. The summed E-state index contributed by atoms with van der Waals surface area (Å²) < 4.78 is 19.0. The van der Waals surface area contributed by atoms with Crippen molar-refractivity contribution in [3.63, 3.8) is 0 Å². The lowest BCUT2D eigenvalue weighted by atomic mass is 10.2. The lowest BCUT2D eigenvalue weighted by molar-refractivity contribution is 0.0954. The minimum atomic E-state index is -0.374. The molecule has 4 aromatic rings. The maximum absolute atomic E-state index is 13.9. The number of halogens is 1. The van der Waals surface area contributed by atoms with Crippen molar-refractivity contribution in [1.82, 2.24) is 25.5 Å². The Morgan fingerprint density at radius 2 is 2.00 bits per heavy atom. The first kappa shape index (κ1) is 18.8. The summed E-state index contributed by atoms with van der Waals surface area (Å²) in [6.45, 7) is 0.176. The molecule has 29 heavy (non-hydrogen) atoms. The van der Waals surface area contributed by atoms with Gasteiger partial charge in [-0.3, -0.25) is 9.89 Å². The molecular weight excluding hydrogens is 393 g/mol. The summed E-state index contributed by atoms with van der Waals surface area (Å²) in [4.78, 5) is 21.3. The first-order valence-electron chi connectivity index (χ1n) is 8.68. The average molecular weight is 409 g/mol. The fourth-order valence-corrected chi connectivity index (χ4v) is 3.49. The minimum absolute atomic E-state index is 0.176. The van der Waals surface area contributed by atoms with Crippen LogP contribution in [0.1, 0.15) is 15.5 Å². The summed E-state index contributed by atoms with van der Waals surface area (Å²) in [5, 5.41) is 10.2. The average Bonchev–Trinajstić information content (AvgIpc) is 3.42. The molecule has 2 aromatic heterocycles. The number of hydrogen-bond donors (Lipinski definition) is 2. The van der Waals surface area contributed by atoms with Crippen LogP contribution < -0.4 is 10.1 Å². The Bertz CT molecular complexity index is 1140. The molecule has 0 atom stereocenters. The highest BCUT2D eigenvalue weighted by molar-refractivity contribution is 7.16. The Kier molecular flexibility index (Phi) is 5.30. The number of ether oxygens (including phenoxy) is 1. The molecule has 7 nitrogen and oxygen atoms in total. The monoisotopic (exact) mass is 409 g/mol. The number of methoxy groups -OCH3 is 1. The Hall–Kier alpha value is -3.59. The summed E-state index contributed by atoms with van der Waals surface area (Å²) >= 11 is 1.13. The molecule has 2 heterocycles. The molecule has 0 saturated carbocycles. The lowest BCUT2D eigenvalue weighted by Gasteiger charge is -2.00. The molecule has 0 bridgehead atoms. The van der Waals surface area contributed by atoms with Gasteiger partial charge in [-0.05, 0) is 36.4 Å². The van der Waals surface area contributed by atoms with Crippen LogP contribution in [0.3, 0.4) is 0 Å². The van der Waals surface area contributed by atoms with Crippen LogP contribution >= 0.6 is 11.3 Å². The van der Waals surface area contributed by atoms with Gasteiger partial charge in [-0.15, -0.1) is 11.3 Å². The van der Waals surface area contributed by atoms with Crippen LogP contribution in [0.2, 0.25) is 0 Å². The van der Waals surface area contributed by atoms with Gasteiger partial charge in [0.1, 0.15) is 27.3 Å². The minimum Gasteiger partial charge on any atom is -0.497 e. The Balaban J connectivity index is 1.40. The van der Waals surface area contributed by atoms with E-state index in [1.54, 1.807) is 25.3 Å². The largest absolute Gasteiger partial charge is 0.497 e. The molecule has 0 spiro atoms. The van der Waals surface area contributed by atoms with E-state index in [2.05, 4.69) is 25.5 Å². The van der Waals surface area contributed by atoms with Gasteiger partial charge < -0.3 is 10.1 Å². The smallest absolute Gasteiger partial charge is 0.263 e. The van der Waals surface area contributed by atoms with Crippen LogP contribution in [0.4, 0.5) is 4.39 Å². The molecule has 0 aliphatic rings. The van der Waals surface area contributed by atoms with Gasteiger partial charge in [0.25, 0.3) is 5.91 Å². The molecule has 2 N–H and O–H groups in total. The topological polar surface area (TPSA) is 92.8 Å². The third-order valence-corrected chi connectivity index (χ3v) is 5.16. The number of carbonyl (C=O) groups is 1. The summed E-state index contributed by atoms with van der Waals surface area (Å²) in [5.74, 6) is 1.10. The summed E-state index contributed by atoms with van der Waals surface area (Å²) in [6, 6.07) is 13.7. The first-order chi connectivity index (χ1) is 14.1. The Morgan fingerprint density at radius 1 is 1.21 bits per heavy atom. The van der Waals surface area contributed by atoms with E-state index in [1.807, 2.05) is 24.3 Å². The molecule has 146 valence electrons. The van der Waals surface area contributed by atoms with E-state index in [-0.39, 0.29) is 18.3 Å². The number of aromatic nitrogens is 4. The second kappa shape index (κ2) is 8.19. The maximum atomic E-state index is 13.9. The van der Waals surface area contributed by atoms with Crippen molar-refractivity contribution in [2.75, 3.05) is 7.11 Å². The number of nitrogens with zero attached hydrogens (tertiary/aromatic N) is 3. The van der Waals surface area contributed by atoms with E-state index in [9.17, 15) is 9.18 Å². The highest BCUT2D eigenvalue weighted by atomic mass is 32.1. The van der Waals surface area contributed by atoms with Gasteiger partial charge in [0, 0.05) is 11.1 Å². The molecule has 0 fully saturated rings. The van der Waals surface area contributed by atoms with Crippen LogP contribution in [0.5, 0.6) is 5.75 Å². The number of rotatable bonds is 6. The van der Waals surface area contributed by atoms with E-state index in [0.717, 1.165) is 22.6 Å². The number of thiazole rings is 1. The molecule has 0 radical (unpaired) electrons. The highest BCUT2D eigenvalue weighted by Gasteiger charge is 2.14. The van der Waals surface area contributed by atoms with Gasteiger partial charge in [-0.1, -0.05) is 12.1 Å². The van der Waals surface area contributed by atoms with E-state index in [1.165, 1.54) is 12.3 Å². The van der Waals surface area contributed by atoms with Crippen LogP contribution in [0.25, 0.3) is 22.0 Å². The molecule has 4 rings (SSSR count). The third kappa shape index (κ3) is 4.14. The zero-order valence-electron chi connectivity index (χ0n) is 15.3. The third-order valence-electron chi connectivity index (χ3n) is 4.13. The number of nitrogens with one attached hydrogen (secondary N) is 2. The zero-order valence-corrected chi connectivity index (χ0v) is 16.2. The molecule has 2 aromatic carbocycles. The standard InChI is InChI=1S/C20H16FN5O2S/c1-28-13-8-6-12(7-9-13)18-24-17(25-26-18)11-22-19(27)16-10-23-20(29-16)14-4-2-3-5-15(14)21/h2-10H,11H2,1H3,(H,22,27)(H,24,25,26). The molecule has 0 aliphatic carbocycles. The van der Waals surface area contributed by atoms with Crippen molar-refractivity contribution in [2.24, 2.45) is 0 Å². The lowest BCUT2D eigenvalue weighted by Crippen LogP contribution is -2.22. The van der Waals surface area contributed by atoms with Crippen molar-refractivity contribution >= 4 is 17.2 Å². The van der Waals surface area contributed by atoms with Crippen molar-refractivity contribution in [3.8, 4) is 27.7 Å². The number of carbonyl (C=O) groups excluding carboxylic acids is 1. The summed E-state index contributed by atoms with van der Waals surface area (Å²) in [5.41, 5.74) is 1.20. The fraction of sp³-hybridized carbons (Fsp3) is 0.100. The number of benzene rings is 2. The van der Waals surface area contributed by atoms with E-state index in [0.29, 0.717) is 27.1 Å². The number of aromatic amines is 1. The van der Waals surface area contributed by atoms with Gasteiger partial charge >= 0.3 is 0 Å². The zero-order chi connectivity index (χ0) is 20.2. The summed E-state index contributed by atoms with van der Waals surface area (Å²) in [7, 11) is 1.60. The van der Waals surface area contributed by atoms with Gasteiger partial charge in [0.15, 0.2) is 5.82 Å². The van der Waals surface area contributed by atoms with Crippen LogP contribution in [0, 0.1) is 5.82 Å². The van der Waals surface area contributed by atoms with Gasteiger partial charge in [-0.2, -0.15) is 5.10 Å². The van der Waals surface area contributed by atoms with E-state index < -0.39 is 0 Å². The Labute approximate surface area is 169 Å². The SMILES string of the molecule is COc1ccc(-c2n[nH]c(CNC(=O)c3cnc(-c4ccccc4F)s3)n2)cc1. The second-order valence-corrected chi connectivity index (χ2v) is 7.06. The molecule has 1 amide bonds. The predicted molar refractivity (Wildman–Crippen MR) is 107 cm³/mol. The van der Waals surface area contributed by atoms with Crippen molar-refractivity contribution in [2.45, 2.75) is 6.54 Å². The van der Waals surface area contributed by atoms with Crippen molar-refractivity contribution in [1.29, 1.82) is 0 Å². The van der Waals surface area contributed by atoms with Gasteiger partial charge in [0.2, 0.25) is 0 Å². The molecule has 0 aliphatic heterocycles. The molecule has 0 saturated heterocycles. The fourth-order valence-electron chi connectivity index (χ4n) is 2.63. The number of amides is 1. The van der Waals surface area contributed by atoms with Crippen LogP contribution in [-0.2, 0) is 6.54 Å². The molecule has 9 heteroatoms. The van der Waals surface area contributed by atoms with Crippen molar-refractivity contribution < 1.29 is 13.9 Å². The summed E-state index contributed by atoms with van der Waals surface area (Å²) in [6.07, 6.45) is 1.44. The van der Waals surface area contributed by atoms with E-state index in [4.69, 9.17) is 4.74 Å². The quantitative estimate of drug-likeness (QED) is 0.507. The molecule has 0 unspecified atom stereocenters. The first-order valence-corrected chi connectivity index (χ1v) is 9.50. The predicted octanol–water partition coefficient (Wildman–Crippen LogP) is 3.67. The number of hydrogen-bond acceptors (Lipinski definition) is 6. The highest BCUT2D eigenvalue weighted by Crippen LogP contribution is 2.27. The number of H-pyrrole nitrogens is 1. The van der Waals surface area contributed by atoms with Crippen molar-refractivity contribution in [3.05, 3.63) is 71.2 Å². The van der Waals surface area contributed by atoms with E-state index >= 15 is 0 Å². The second-order valence-electron chi connectivity index (χ2n) is 6.03. The van der Waals surface area contributed by atoms with Crippen LogP contribution in [-0.4, -0.2) is 33.2 Å². The van der Waals surface area contributed by atoms with Crippen LogP contribution in [0.15, 0.2) is 54.7 Å². The maximum Gasteiger partial charge on any atom is 0.263 e. The molecular formula is C20H16FN5O2S.